The van der Waals surface area contributed by atoms with Crippen molar-refractivity contribution in [2.24, 2.45) is 0 Å². The van der Waals surface area contributed by atoms with E-state index < -0.39 is 5.97 Å². The SMILES string of the molecule is Cc1cc(Nc2cccc(C(=O)O)c2)nc(NCc2ccco2)n1. The molecule has 0 atom stereocenters. The zero-order valence-electron chi connectivity index (χ0n) is 13.0. The average molecular weight is 324 g/mol. The van der Waals surface area contributed by atoms with Crippen LogP contribution in [0.2, 0.25) is 0 Å². The molecule has 7 heteroatoms. The Kier molecular flexibility index (Phi) is 4.42. The van der Waals surface area contributed by atoms with Gasteiger partial charge >= 0.3 is 5.97 Å². The predicted octanol–water partition coefficient (Wildman–Crippen LogP) is 3.43. The molecule has 0 saturated heterocycles. The summed E-state index contributed by atoms with van der Waals surface area (Å²) in [6.45, 7) is 2.34. The smallest absolute Gasteiger partial charge is 0.335 e. The van der Waals surface area contributed by atoms with Crippen LogP contribution >= 0.6 is 0 Å². The molecule has 0 aliphatic heterocycles. The van der Waals surface area contributed by atoms with Gasteiger partial charge < -0.3 is 20.2 Å². The number of hydrogen-bond acceptors (Lipinski definition) is 6. The maximum atomic E-state index is 11.0. The van der Waals surface area contributed by atoms with Crippen LogP contribution in [-0.4, -0.2) is 21.0 Å². The van der Waals surface area contributed by atoms with Crippen molar-refractivity contribution in [1.82, 2.24) is 9.97 Å². The summed E-state index contributed by atoms with van der Waals surface area (Å²) in [4.78, 5) is 19.7. The van der Waals surface area contributed by atoms with Gasteiger partial charge in [-0.05, 0) is 37.3 Å². The van der Waals surface area contributed by atoms with Gasteiger partial charge in [-0.25, -0.2) is 9.78 Å². The molecule has 1 aromatic carbocycles. The number of rotatable bonds is 6. The van der Waals surface area contributed by atoms with Gasteiger partial charge in [0.15, 0.2) is 0 Å². The Labute approximate surface area is 138 Å². The molecular formula is C17H16N4O3. The first-order chi connectivity index (χ1) is 11.6. The monoisotopic (exact) mass is 324 g/mol. The molecule has 7 nitrogen and oxygen atoms in total. The van der Waals surface area contributed by atoms with Crippen LogP contribution in [0.3, 0.4) is 0 Å². The highest BCUT2D eigenvalue weighted by atomic mass is 16.4. The van der Waals surface area contributed by atoms with Gasteiger partial charge in [0.05, 0.1) is 18.4 Å². The number of nitrogens with zero attached hydrogens (tertiary/aromatic N) is 2. The maximum absolute atomic E-state index is 11.0. The lowest BCUT2D eigenvalue weighted by Crippen LogP contribution is -2.06. The van der Waals surface area contributed by atoms with E-state index >= 15 is 0 Å². The fourth-order valence-corrected chi connectivity index (χ4v) is 2.17. The molecule has 2 heterocycles. The van der Waals surface area contributed by atoms with Crippen molar-refractivity contribution < 1.29 is 14.3 Å². The first-order valence-corrected chi connectivity index (χ1v) is 7.32. The Hall–Kier alpha value is -3.35. The molecule has 0 unspecified atom stereocenters. The number of anilines is 3. The number of carboxylic acid groups (broad SMARTS) is 1. The van der Waals surface area contributed by atoms with Gasteiger partial charge in [-0.1, -0.05) is 6.07 Å². The van der Waals surface area contributed by atoms with Crippen LogP contribution < -0.4 is 10.6 Å². The van der Waals surface area contributed by atoms with Crippen molar-refractivity contribution in [3.63, 3.8) is 0 Å². The number of furan rings is 1. The summed E-state index contributed by atoms with van der Waals surface area (Å²) in [5, 5.41) is 15.2. The fourth-order valence-electron chi connectivity index (χ4n) is 2.17. The Morgan fingerprint density at radius 1 is 1.21 bits per heavy atom. The largest absolute Gasteiger partial charge is 0.478 e. The standard InChI is InChI=1S/C17H16N4O3/c1-11-8-15(20-13-5-2-4-12(9-13)16(22)23)21-17(19-11)18-10-14-6-3-7-24-14/h2-9H,10H2,1H3,(H,22,23)(H2,18,19,20,21). The van der Waals surface area contributed by atoms with E-state index in [1.54, 1.807) is 30.5 Å². The van der Waals surface area contributed by atoms with E-state index in [2.05, 4.69) is 20.6 Å². The molecule has 24 heavy (non-hydrogen) atoms. The van der Waals surface area contributed by atoms with Gasteiger partial charge in [0.1, 0.15) is 11.6 Å². The minimum atomic E-state index is -0.974. The summed E-state index contributed by atoms with van der Waals surface area (Å²) in [6.07, 6.45) is 1.61. The van der Waals surface area contributed by atoms with E-state index in [1.165, 1.54) is 6.07 Å². The molecule has 0 saturated carbocycles. The number of aromatic nitrogens is 2. The second-order valence-corrected chi connectivity index (χ2v) is 5.16. The number of nitrogens with one attached hydrogen (secondary N) is 2. The minimum absolute atomic E-state index is 0.210. The molecule has 0 amide bonds. The van der Waals surface area contributed by atoms with E-state index in [0.717, 1.165) is 11.5 Å². The van der Waals surface area contributed by atoms with Gasteiger partial charge in [0, 0.05) is 17.4 Å². The van der Waals surface area contributed by atoms with Crippen LogP contribution in [0.25, 0.3) is 0 Å². The summed E-state index contributed by atoms with van der Waals surface area (Å²) >= 11 is 0. The van der Waals surface area contributed by atoms with Crippen molar-refractivity contribution in [2.75, 3.05) is 10.6 Å². The minimum Gasteiger partial charge on any atom is -0.478 e. The van der Waals surface area contributed by atoms with E-state index in [4.69, 9.17) is 9.52 Å². The summed E-state index contributed by atoms with van der Waals surface area (Å²) in [7, 11) is 0. The number of aromatic carboxylic acids is 1. The third-order valence-corrected chi connectivity index (χ3v) is 3.24. The molecule has 2 aromatic heterocycles. The predicted molar refractivity (Wildman–Crippen MR) is 89.5 cm³/mol. The molecule has 3 N–H and O–H groups in total. The highest BCUT2D eigenvalue weighted by Crippen LogP contribution is 2.18. The number of hydrogen-bond donors (Lipinski definition) is 3. The quantitative estimate of drug-likeness (QED) is 0.638. The van der Waals surface area contributed by atoms with Crippen molar-refractivity contribution in [1.29, 1.82) is 0 Å². The van der Waals surface area contributed by atoms with Crippen LogP contribution in [0.15, 0.2) is 53.1 Å². The molecular weight excluding hydrogens is 308 g/mol. The summed E-state index contributed by atoms with van der Waals surface area (Å²) in [5.41, 5.74) is 1.63. The second kappa shape index (κ2) is 6.82. The lowest BCUT2D eigenvalue weighted by molar-refractivity contribution is 0.0697. The van der Waals surface area contributed by atoms with Gasteiger partial charge in [-0.2, -0.15) is 4.98 Å². The summed E-state index contributed by atoms with van der Waals surface area (Å²) in [5.74, 6) is 0.845. The number of carbonyl (C=O) groups is 1. The lowest BCUT2D eigenvalue weighted by Gasteiger charge is -2.10. The number of aryl methyl sites for hydroxylation is 1. The Balaban J connectivity index is 1.76. The number of benzene rings is 1. The van der Waals surface area contributed by atoms with Gasteiger partial charge in [0.2, 0.25) is 5.95 Å². The number of carboxylic acids is 1. The Morgan fingerprint density at radius 3 is 2.83 bits per heavy atom. The molecule has 3 aromatic rings. The third kappa shape index (κ3) is 3.89. The normalized spacial score (nSPS) is 10.4. The molecule has 0 radical (unpaired) electrons. The van der Waals surface area contributed by atoms with E-state index in [1.807, 2.05) is 19.1 Å². The van der Waals surface area contributed by atoms with Gasteiger partial charge in [-0.15, -0.1) is 0 Å². The highest BCUT2D eigenvalue weighted by molar-refractivity contribution is 5.89. The topological polar surface area (TPSA) is 100 Å². The van der Waals surface area contributed by atoms with Crippen LogP contribution in [0.1, 0.15) is 21.8 Å². The molecule has 0 aliphatic rings. The zero-order valence-corrected chi connectivity index (χ0v) is 13.0. The van der Waals surface area contributed by atoms with E-state index in [9.17, 15) is 4.79 Å². The summed E-state index contributed by atoms with van der Waals surface area (Å²) in [6, 6.07) is 12.0. The average Bonchev–Trinajstić information content (AvgIpc) is 3.06. The highest BCUT2D eigenvalue weighted by Gasteiger charge is 2.06. The zero-order chi connectivity index (χ0) is 16.9. The van der Waals surface area contributed by atoms with E-state index in [-0.39, 0.29) is 5.56 Å². The lowest BCUT2D eigenvalue weighted by atomic mass is 10.2. The molecule has 0 spiro atoms. The van der Waals surface area contributed by atoms with Crippen LogP contribution in [-0.2, 0) is 6.54 Å². The molecule has 0 fully saturated rings. The van der Waals surface area contributed by atoms with Crippen LogP contribution in [0.5, 0.6) is 0 Å². The van der Waals surface area contributed by atoms with Crippen LogP contribution in [0, 0.1) is 6.92 Å². The van der Waals surface area contributed by atoms with Crippen molar-refractivity contribution in [3.8, 4) is 0 Å². The first kappa shape index (κ1) is 15.5. The molecule has 3 rings (SSSR count). The Bertz CT molecular complexity index is 847. The maximum Gasteiger partial charge on any atom is 0.335 e. The first-order valence-electron chi connectivity index (χ1n) is 7.32. The van der Waals surface area contributed by atoms with Crippen molar-refractivity contribution in [2.45, 2.75) is 13.5 Å². The molecule has 0 aliphatic carbocycles. The van der Waals surface area contributed by atoms with Crippen molar-refractivity contribution in [3.05, 3.63) is 65.7 Å². The van der Waals surface area contributed by atoms with Gasteiger partial charge in [0.25, 0.3) is 0 Å². The fraction of sp³-hybridized carbons (Fsp3) is 0.118. The third-order valence-electron chi connectivity index (χ3n) is 3.24. The summed E-state index contributed by atoms with van der Waals surface area (Å²) < 4.78 is 5.26. The molecule has 0 bridgehead atoms. The molecule has 122 valence electrons. The van der Waals surface area contributed by atoms with Crippen LogP contribution in [0.4, 0.5) is 17.5 Å². The second-order valence-electron chi connectivity index (χ2n) is 5.16. The van der Waals surface area contributed by atoms with Gasteiger partial charge in [-0.3, -0.25) is 0 Å². The van der Waals surface area contributed by atoms with E-state index in [0.29, 0.717) is 24.0 Å². The van der Waals surface area contributed by atoms with Crippen molar-refractivity contribution >= 4 is 23.4 Å². The Morgan fingerprint density at radius 2 is 2.08 bits per heavy atom.